The second-order valence-corrected chi connectivity index (χ2v) is 13.6. The highest BCUT2D eigenvalue weighted by Crippen LogP contribution is 2.30. The van der Waals surface area contributed by atoms with Crippen LogP contribution in [0.1, 0.15) is 36.9 Å². The summed E-state index contributed by atoms with van der Waals surface area (Å²) in [5, 5.41) is 0. The van der Waals surface area contributed by atoms with Gasteiger partial charge in [-0.1, -0.05) is 67.1 Å². The molecular formula is C36H36N6O3S. The zero-order chi connectivity index (χ0) is 31.5. The van der Waals surface area contributed by atoms with E-state index in [1.807, 2.05) is 60.7 Å². The van der Waals surface area contributed by atoms with Gasteiger partial charge in [-0.3, -0.25) is 9.52 Å². The monoisotopic (exact) mass is 632 g/mol. The van der Waals surface area contributed by atoms with Crippen molar-refractivity contribution in [1.29, 1.82) is 0 Å². The van der Waals surface area contributed by atoms with Gasteiger partial charge in [0.2, 0.25) is 0 Å². The Balaban J connectivity index is 1.27. The molecule has 1 saturated heterocycles. The van der Waals surface area contributed by atoms with E-state index in [1.165, 1.54) is 19.3 Å². The lowest BCUT2D eigenvalue weighted by Gasteiger charge is -2.26. The molecule has 3 heterocycles. The molecular weight excluding hydrogens is 597 g/mol. The first-order chi connectivity index (χ1) is 22.4. The second-order valence-electron chi connectivity index (χ2n) is 11.9. The maximum absolute atomic E-state index is 13.1. The molecule has 6 aromatic rings. The molecule has 7 rings (SSSR count). The molecule has 0 spiro atoms. The number of nitrogens with one attached hydrogen (secondary N) is 2. The standard InChI is InChI=1S/C36H36N6O3S/c43-36-33(22-26-12-4-1-5-13-26)37-31-25-34-32(24-30(31)39-36)38-35(42(34)21-11-20-41-18-8-3-9-19-41)27-14-10-15-28(23-27)40-46(44,45)29-16-6-2-7-17-29/h1-2,4-7,10,12-17,23-25,40H,3,8-9,11,18-22H2,(H,39,43). The molecule has 4 aromatic carbocycles. The van der Waals surface area contributed by atoms with Crippen molar-refractivity contribution in [2.24, 2.45) is 0 Å². The SMILES string of the molecule is O=c1[nH]c2cc3nc(-c4cccc(NS(=O)(=O)c5ccccc5)c4)n(CCCN4CCCCC4)c3cc2nc1Cc1ccccc1. The number of aromatic nitrogens is 4. The molecule has 1 aliphatic heterocycles. The van der Waals surface area contributed by atoms with E-state index in [2.05, 4.69) is 19.2 Å². The Bertz CT molecular complexity index is 2160. The Kier molecular flexibility index (Phi) is 8.38. The minimum Gasteiger partial charge on any atom is -0.324 e. The third-order valence-corrected chi connectivity index (χ3v) is 9.97. The van der Waals surface area contributed by atoms with Gasteiger partial charge >= 0.3 is 0 Å². The Morgan fingerprint density at radius 1 is 0.783 bits per heavy atom. The number of fused-ring (bicyclic) bond motifs is 2. The van der Waals surface area contributed by atoms with Gasteiger partial charge in [-0.05, 0) is 80.9 Å². The van der Waals surface area contributed by atoms with Crippen molar-refractivity contribution >= 4 is 37.8 Å². The third kappa shape index (κ3) is 6.45. The van der Waals surface area contributed by atoms with Crippen molar-refractivity contribution in [2.75, 3.05) is 24.4 Å². The van der Waals surface area contributed by atoms with Gasteiger partial charge < -0.3 is 14.5 Å². The summed E-state index contributed by atoms with van der Waals surface area (Å²) >= 11 is 0. The van der Waals surface area contributed by atoms with Crippen molar-refractivity contribution in [3.63, 3.8) is 0 Å². The second kappa shape index (κ2) is 12.9. The molecule has 2 N–H and O–H groups in total. The number of likely N-dealkylation sites (tertiary alicyclic amines) is 1. The summed E-state index contributed by atoms with van der Waals surface area (Å²) < 4.78 is 31.1. The fraction of sp³-hybridized carbons (Fsp3) is 0.250. The number of nitrogens with zero attached hydrogens (tertiary/aromatic N) is 4. The van der Waals surface area contributed by atoms with Gasteiger partial charge in [0.25, 0.3) is 15.6 Å². The van der Waals surface area contributed by atoms with E-state index in [1.54, 1.807) is 36.4 Å². The van der Waals surface area contributed by atoms with Gasteiger partial charge in [0.1, 0.15) is 11.5 Å². The number of hydrogen-bond donors (Lipinski definition) is 2. The number of H-pyrrole nitrogens is 1. The molecule has 0 bridgehead atoms. The minimum absolute atomic E-state index is 0.199. The quantitative estimate of drug-likeness (QED) is 0.186. The lowest BCUT2D eigenvalue weighted by Crippen LogP contribution is -2.31. The number of piperidine rings is 1. The molecule has 0 saturated carbocycles. The van der Waals surface area contributed by atoms with Crippen LogP contribution in [0, 0.1) is 0 Å². The molecule has 46 heavy (non-hydrogen) atoms. The molecule has 2 aromatic heterocycles. The molecule has 9 nitrogen and oxygen atoms in total. The molecule has 1 aliphatic rings. The van der Waals surface area contributed by atoms with Crippen molar-refractivity contribution in [3.8, 4) is 11.4 Å². The van der Waals surface area contributed by atoms with Gasteiger partial charge in [-0.25, -0.2) is 18.4 Å². The molecule has 234 valence electrons. The Hall–Kier alpha value is -4.80. The molecule has 0 unspecified atom stereocenters. The first-order valence-corrected chi connectivity index (χ1v) is 17.3. The zero-order valence-corrected chi connectivity index (χ0v) is 26.3. The predicted molar refractivity (Wildman–Crippen MR) is 182 cm³/mol. The lowest BCUT2D eigenvalue weighted by molar-refractivity contribution is 0.223. The zero-order valence-electron chi connectivity index (χ0n) is 25.5. The third-order valence-electron chi connectivity index (χ3n) is 8.58. The van der Waals surface area contributed by atoms with Crippen LogP contribution in [0.3, 0.4) is 0 Å². The highest BCUT2D eigenvalue weighted by molar-refractivity contribution is 7.92. The maximum Gasteiger partial charge on any atom is 0.270 e. The van der Waals surface area contributed by atoms with Crippen LogP contribution in [0.5, 0.6) is 0 Å². The number of aryl methyl sites for hydroxylation is 1. The summed E-state index contributed by atoms with van der Waals surface area (Å²) in [6.07, 6.45) is 5.16. The van der Waals surface area contributed by atoms with Gasteiger partial charge in [-0.15, -0.1) is 0 Å². The molecule has 0 radical (unpaired) electrons. The number of rotatable bonds is 10. The summed E-state index contributed by atoms with van der Waals surface area (Å²) in [4.78, 5) is 28.6. The fourth-order valence-corrected chi connectivity index (χ4v) is 7.34. The van der Waals surface area contributed by atoms with Crippen LogP contribution in [0.4, 0.5) is 5.69 Å². The number of anilines is 1. The fourth-order valence-electron chi connectivity index (χ4n) is 6.27. The van der Waals surface area contributed by atoms with E-state index in [9.17, 15) is 13.2 Å². The van der Waals surface area contributed by atoms with Crippen molar-refractivity contribution in [2.45, 2.75) is 43.5 Å². The predicted octanol–water partition coefficient (Wildman–Crippen LogP) is 6.21. The number of benzene rings is 4. The smallest absolute Gasteiger partial charge is 0.270 e. The normalized spacial score (nSPS) is 14.2. The van der Waals surface area contributed by atoms with Crippen LogP contribution in [-0.4, -0.2) is 52.5 Å². The first-order valence-electron chi connectivity index (χ1n) is 15.8. The van der Waals surface area contributed by atoms with Crippen LogP contribution in [0.25, 0.3) is 33.5 Å². The summed E-state index contributed by atoms with van der Waals surface area (Å²) in [6, 6.07) is 29.4. The van der Waals surface area contributed by atoms with Crippen LogP contribution >= 0.6 is 0 Å². The minimum atomic E-state index is -3.76. The average Bonchev–Trinajstić information content (AvgIpc) is 3.42. The summed E-state index contributed by atoms with van der Waals surface area (Å²) in [6.45, 7) is 3.99. The van der Waals surface area contributed by atoms with Crippen LogP contribution in [-0.2, 0) is 23.0 Å². The molecule has 0 atom stereocenters. The van der Waals surface area contributed by atoms with E-state index in [0.717, 1.165) is 60.6 Å². The highest BCUT2D eigenvalue weighted by Gasteiger charge is 2.19. The lowest BCUT2D eigenvalue weighted by atomic mass is 10.1. The molecule has 0 amide bonds. The van der Waals surface area contributed by atoms with E-state index >= 15 is 0 Å². The topological polar surface area (TPSA) is 113 Å². The molecule has 0 aliphatic carbocycles. The summed E-state index contributed by atoms with van der Waals surface area (Å²) in [7, 11) is -3.76. The number of aromatic amines is 1. The Labute approximate surface area is 268 Å². The van der Waals surface area contributed by atoms with Gasteiger partial charge in [0.05, 0.1) is 27.0 Å². The Morgan fingerprint density at radius 3 is 2.33 bits per heavy atom. The van der Waals surface area contributed by atoms with Crippen LogP contribution < -0.4 is 10.3 Å². The van der Waals surface area contributed by atoms with Crippen molar-refractivity contribution in [3.05, 3.63) is 119 Å². The van der Waals surface area contributed by atoms with Gasteiger partial charge in [0, 0.05) is 24.2 Å². The molecule has 10 heteroatoms. The van der Waals surface area contributed by atoms with Gasteiger partial charge in [0.15, 0.2) is 0 Å². The highest BCUT2D eigenvalue weighted by atomic mass is 32.2. The first kappa shape index (κ1) is 29.9. The summed E-state index contributed by atoms with van der Waals surface area (Å²) in [5.41, 5.74) is 5.50. The van der Waals surface area contributed by atoms with E-state index in [0.29, 0.717) is 28.8 Å². The van der Waals surface area contributed by atoms with Crippen LogP contribution in [0.15, 0.2) is 107 Å². The maximum atomic E-state index is 13.1. The molecule has 1 fully saturated rings. The number of hydrogen-bond acceptors (Lipinski definition) is 6. The average molecular weight is 633 g/mol. The largest absolute Gasteiger partial charge is 0.324 e. The number of imidazole rings is 1. The van der Waals surface area contributed by atoms with Gasteiger partial charge in [-0.2, -0.15) is 0 Å². The van der Waals surface area contributed by atoms with Crippen LogP contribution in [0.2, 0.25) is 0 Å². The Morgan fingerprint density at radius 2 is 1.54 bits per heavy atom. The van der Waals surface area contributed by atoms with Crippen molar-refractivity contribution in [1.82, 2.24) is 24.4 Å². The van der Waals surface area contributed by atoms with E-state index in [-0.39, 0.29) is 10.5 Å². The van der Waals surface area contributed by atoms with E-state index < -0.39 is 10.0 Å². The van der Waals surface area contributed by atoms with E-state index in [4.69, 9.17) is 9.97 Å². The number of sulfonamides is 1. The van der Waals surface area contributed by atoms with Crippen molar-refractivity contribution < 1.29 is 8.42 Å². The summed E-state index contributed by atoms with van der Waals surface area (Å²) in [5.74, 6) is 0.733.